The number of ether oxygens (including phenoxy) is 1. The zero-order chi connectivity index (χ0) is 23.7. The summed E-state index contributed by atoms with van der Waals surface area (Å²) in [6, 6.07) is 28.2. The predicted molar refractivity (Wildman–Crippen MR) is 125 cm³/mol. The van der Waals surface area contributed by atoms with Crippen LogP contribution < -0.4 is 0 Å². The summed E-state index contributed by atoms with van der Waals surface area (Å²) in [5, 5.41) is 0. The summed E-state index contributed by atoms with van der Waals surface area (Å²) in [6.45, 7) is 0. The molecule has 0 fully saturated rings. The third-order valence-electron chi connectivity index (χ3n) is 5.80. The number of hydrogen-bond acceptors (Lipinski definition) is 5. The van der Waals surface area contributed by atoms with Gasteiger partial charge in [0.05, 0.1) is 5.56 Å². The Kier molecular flexibility index (Phi) is 5.44. The molecule has 0 bridgehead atoms. The van der Waals surface area contributed by atoms with Gasteiger partial charge >= 0.3 is 5.97 Å². The Balaban J connectivity index is 1.55. The quantitative estimate of drug-likeness (QED) is 0.272. The molecule has 0 radical (unpaired) electrons. The summed E-state index contributed by atoms with van der Waals surface area (Å²) in [6.07, 6.45) is -1.21. The van der Waals surface area contributed by atoms with Crippen LogP contribution in [0.1, 0.15) is 64.2 Å². The molecule has 0 spiro atoms. The summed E-state index contributed by atoms with van der Waals surface area (Å²) in [7, 11) is 0. The van der Waals surface area contributed by atoms with Crippen molar-refractivity contribution in [3.8, 4) is 0 Å². The first-order valence-corrected chi connectivity index (χ1v) is 10.7. The Morgan fingerprint density at radius 1 is 0.588 bits per heavy atom. The third-order valence-corrected chi connectivity index (χ3v) is 5.80. The van der Waals surface area contributed by atoms with Gasteiger partial charge in [-0.3, -0.25) is 14.4 Å². The first-order valence-electron chi connectivity index (χ1n) is 10.7. The molecular weight excluding hydrogens is 428 g/mol. The van der Waals surface area contributed by atoms with Crippen molar-refractivity contribution >= 4 is 23.3 Å². The maximum absolute atomic E-state index is 13.4. The van der Waals surface area contributed by atoms with E-state index in [-0.39, 0.29) is 28.0 Å². The molecule has 0 heterocycles. The lowest BCUT2D eigenvalue weighted by atomic mass is 9.82. The normalized spacial score (nSPS) is 12.9. The fourth-order valence-corrected chi connectivity index (χ4v) is 4.14. The number of rotatable bonds is 5. The average Bonchev–Trinajstić information content (AvgIpc) is 2.90. The van der Waals surface area contributed by atoms with Gasteiger partial charge in [-0.2, -0.15) is 0 Å². The van der Waals surface area contributed by atoms with Gasteiger partial charge in [0.1, 0.15) is 0 Å². The molecule has 0 saturated carbocycles. The topological polar surface area (TPSA) is 77.5 Å². The van der Waals surface area contributed by atoms with Crippen molar-refractivity contribution in [3.05, 3.63) is 142 Å². The van der Waals surface area contributed by atoms with Crippen LogP contribution in [0.2, 0.25) is 0 Å². The van der Waals surface area contributed by atoms with Gasteiger partial charge in [0, 0.05) is 33.4 Å². The monoisotopic (exact) mass is 446 g/mol. The number of esters is 1. The van der Waals surface area contributed by atoms with Gasteiger partial charge in [0.2, 0.25) is 5.78 Å². The second kappa shape index (κ2) is 8.71. The molecule has 1 aliphatic carbocycles. The van der Waals surface area contributed by atoms with Crippen LogP contribution in [0.3, 0.4) is 0 Å². The lowest BCUT2D eigenvalue weighted by Crippen LogP contribution is -2.26. The summed E-state index contributed by atoms with van der Waals surface area (Å²) in [5.41, 5.74) is 1.51. The van der Waals surface area contributed by atoms with E-state index in [1.54, 1.807) is 84.9 Å². The van der Waals surface area contributed by atoms with Crippen LogP contribution in [0.5, 0.6) is 0 Å². The Bertz CT molecular complexity index is 1440. The van der Waals surface area contributed by atoms with Crippen LogP contribution in [0.15, 0.2) is 103 Å². The second-order valence-electron chi connectivity index (χ2n) is 7.86. The van der Waals surface area contributed by atoms with Crippen molar-refractivity contribution in [2.45, 2.75) is 6.10 Å². The summed E-state index contributed by atoms with van der Waals surface area (Å²) in [5.74, 6) is -2.00. The van der Waals surface area contributed by atoms with Crippen molar-refractivity contribution in [1.82, 2.24) is 0 Å². The van der Waals surface area contributed by atoms with Crippen LogP contribution in [-0.2, 0) is 4.74 Å². The van der Waals surface area contributed by atoms with Crippen LogP contribution in [0.4, 0.5) is 0 Å². The van der Waals surface area contributed by atoms with Gasteiger partial charge in [-0.05, 0) is 6.07 Å². The van der Waals surface area contributed by atoms with E-state index < -0.39 is 23.6 Å². The van der Waals surface area contributed by atoms with E-state index >= 15 is 0 Å². The minimum atomic E-state index is -1.21. The maximum atomic E-state index is 13.4. The van der Waals surface area contributed by atoms with Gasteiger partial charge in [-0.1, -0.05) is 97.1 Å². The molecule has 1 unspecified atom stereocenters. The van der Waals surface area contributed by atoms with Crippen LogP contribution >= 0.6 is 0 Å². The highest BCUT2D eigenvalue weighted by molar-refractivity contribution is 6.30. The number of benzene rings is 4. The molecule has 1 aliphatic rings. The SMILES string of the molecule is O=C(OC(C(=O)c1ccccc1)c1ccccc1)c1cccc2c1C(=O)c1ccccc1C2=O. The molecular formula is C29H18O5. The van der Waals surface area contributed by atoms with E-state index in [2.05, 4.69) is 0 Å². The standard InChI is InChI=1S/C29H18O5/c30-25(18-10-3-1-4-11-18)28(19-12-5-2-6-13-19)34-29(33)23-17-9-16-22-24(23)27(32)21-15-8-7-14-20(21)26(22)31/h1-17,28H. The Labute approximate surface area is 195 Å². The second-order valence-corrected chi connectivity index (χ2v) is 7.86. The number of hydrogen-bond donors (Lipinski definition) is 0. The van der Waals surface area contributed by atoms with E-state index in [9.17, 15) is 19.2 Å². The average molecular weight is 446 g/mol. The Morgan fingerprint density at radius 2 is 1.15 bits per heavy atom. The van der Waals surface area contributed by atoms with Gasteiger partial charge in [-0.15, -0.1) is 0 Å². The minimum Gasteiger partial charge on any atom is -0.445 e. The molecule has 5 heteroatoms. The molecule has 0 saturated heterocycles. The van der Waals surface area contributed by atoms with Gasteiger partial charge in [-0.25, -0.2) is 4.79 Å². The maximum Gasteiger partial charge on any atom is 0.339 e. The Hall–Kier alpha value is -4.64. The van der Waals surface area contributed by atoms with E-state index in [1.807, 2.05) is 0 Å². The fraction of sp³-hybridized carbons (Fsp3) is 0.0345. The molecule has 34 heavy (non-hydrogen) atoms. The van der Waals surface area contributed by atoms with Crippen LogP contribution in [0.25, 0.3) is 0 Å². The zero-order valence-corrected chi connectivity index (χ0v) is 17.9. The smallest absolute Gasteiger partial charge is 0.339 e. The molecule has 164 valence electrons. The van der Waals surface area contributed by atoms with Crippen molar-refractivity contribution in [3.63, 3.8) is 0 Å². The summed E-state index contributed by atoms with van der Waals surface area (Å²) < 4.78 is 5.72. The van der Waals surface area contributed by atoms with Crippen molar-refractivity contribution in [1.29, 1.82) is 0 Å². The number of Topliss-reactive ketones (excluding diaryl/α,β-unsaturated/α-hetero) is 1. The Morgan fingerprint density at radius 3 is 1.82 bits per heavy atom. The summed E-state index contributed by atoms with van der Waals surface area (Å²) in [4.78, 5) is 52.9. The van der Waals surface area contributed by atoms with Crippen molar-refractivity contribution in [2.24, 2.45) is 0 Å². The number of fused-ring (bicyclic) bond motifs is 2. The minimum absolute atomic E-state index is 0.00447. The lowest BCUT2D eigenvalue weighted by molar-refractivity contribution is 0.0278. The van der Waals surface area contributed by atoms with E-state index in [0.29, 0.717) is 16.7 Å². The van der Waals surface area contributed by atoms with E-state index in [0.717, 1.165) is 0 Å². The fourth-order valence-electron chi connectivity index (χ4n) is 4.14. The highest BCUT2D eigenvalue weighted by Crippen LogP contribution is 2.31. The third kappa shape index (κ3) is 3.63. The van der Waals surface area contributed by atoms with Crippen molar-refractivity contribution < 1.29 is 23.9 Å². The highest BCUT2D eigenvalue weighted by Gasteiger charge is 2.35. The summed E-state index contributed by atoms with van der Waals surface area (Å²) >= 11 is 0. The molecule has 0 N–H and O–H groups in total. The first kappa shape index (κ1) is 21.2. The molecule has 5 nitrogen and oxygen atoms in total. The van der Waals surface area contributed by atoms with Crippen LogP contribution in [0, 0.1) is 0 Å². The molecule has 0 aromatic heterocycles. The number of carbonyl (C=O) groups excluding carboxylic acids is 4. The zero-order valence-electron chi connectivity index (χ0n) is 17.9. The first-order chi connectivity index (χ1) is 16.6. The van der Waals surface area contributed by atoms with Gasteiger partial charge in [0.15, 0.2) is 17.7 Å². The molecule has 4 aromatic rings. The van der Waals surface area contributed by atoms with E-state index in [1.165, 1.54) is 18.2 Å². The molecule has 4 aromatic carbocycles. The van der Waals surface area contributed by atoms with Gasteiger partial charge in [0.25, 0.3) is 0 Å². The molecule has 5 rings (SSSR count). The highest BCUT2D eigenvalue weighted by atomic mass is 16.5. The van der Waals surface area contributed by atoms with E-state index in [4.69, 9.17) is 4.74 Å². The molecule has 1 atom stereocenters. The van der Waals surface area contributed by atoms with Crippen LogP contribution in [-0.4, -0.2) is 23.3 Å². The number of ketones is 3. The largest absolute Gasteiger partial charge is 0.445 e. The van der Waals surface area contributed by atoms with Gasteiger partial charge < -0.3 is 4.74 Å². The molecule has 0 amide bonds. The number of carbonyl (C=O) groups is 4. The predicted octanol–water partition coefficient (Wildman–Crippen LogP) is 5.24. The lowest BCUT2D eigenvalue weighted by Gasteiger charge is -2.21. The van der Waals surface area contributed by atoms with Crippen molar-refractivity contribution in [2.75, 3.05) is 0 Å². The molecule has 0 aliphatic heterocycles.